The molecule has 0 aliphatic carbocycles. The van der Waals surface area contributed by atoms with E-state index in [-0.39, 0.29) is 18.5 Å². The highest BCUT2D eigenvalue weighted by Crippen LogP contribution is 2.17. The first-order valence-corrected chi connectivity index (χ1v) is 6.69. The number of nitrogens with two attached hydrogens (primary N) is 1. The number of aromatic nitrogens is 1. The van der Waals surface area contributed by atoms with Gasteiger partial charge < -0.3 is 10.5 Å². The molecule has 1 heterocycles. The Balaban J connectivity index is 1.96. The molecule has 0 aliphatic rings. The summed E-state index contributed by atoms with van der Waals surface area (Å²) < 4.78 is 19.1. The van der Waals surface area contributed by atoms with Crippen molar-refractivity contribution in [2.45, 2.75) is 26.0 Å². The van der Waals surface area contributed by atoms with Crippen LogP contribution in [0.2, 0.25) is 5.02 Å². The van der Waals surface area contributed by atoms with E-state index in [1.807, 2.05) is 13.0 Å². The summed E-state index contributed by atoms with van der Waals surface area (Å²) >= 11 is 5.69. The molecule has 2 rings (SSSR count). The second kappa shape index (κ2) is 6.68. The molecule has 0 saturated carbocycles. The van der Waals surface area contributed by atoms with Crippen LogP contribution in [0, 0.1) is 5.82 Å². The van der Waals surface area contributed by atoms with Crippen LogP contribution in [0.4, 0.5) is 4.39 Å². The topological polar surface area (TPSA) is 48.1 Å². The maximum Gasteiger partial charge on any atom is 0.138 e. The summed E-state index contributed by atoms with van der Waals surface area (Å²) in [7, 11) is 0. The van der Waals surface area contributed by atoms with Gasteiger partial charge in [0, 0.05) is 28.7 Å². The lowest BCUT2D eigenvalue weighted by Crippen LogP contribution is -2.18. The van der Waals surface area contributed by atoms with Gasteiger partial charge >= 0.3 is 0 Å². The van der Waals surface area contributed by atoms with Crippen LogP contribution in [-0.4, -0.2) is 11.0 Å². The lowest BCUT2D eigenvalue weighted by atomic mass is 10.2. The van der Waals surface area contributed by atoms with Gasteiger partial charge in [-0.3, -0.25) is 4.98 Å². The van der Waals surface area contributed by atoms with Crippen LogP contribution in [0.5, 0.6) is 5.75 Å². The lowest BCUT2D eigenvalue weighted by molar-refractivity contribution is 0.298. The highest BCUT2D eigenvalue weighted by atomic mass is 35.5. The van der Waals surface area contributed by atoms with E-state index < -0.39 is 0 Å². The molecule has 2 aromatic rings. The van der Waals surface area contributed by atoms with Crippen molar-refractivity contribution in [1.29, 1.82) is 0 Å². The van der Waals surface area contributed by atoms with Crippen LogP contribution in [0.3, 0.4) is 0 Å². The molecule has 0 aliphatic heterocycles. The molecule has 1 aromatic heterocycles. The fraction of sp³-hybridized carbons (Fsp3) is 0.267. The van der Waals surface area contributed by atoms with Crippen LogP contribution >= 0.6 is 11.6 Å². The average Bonchev–Trinajstić information content (AvgIpc) is 2.39. The van der Waals surface area contributed by atoms with Crippen molar-refractivity contribution in [3.8, 4) is 5.75 Å². The summed E-state index contributed by atoms with van der Waals surface area (Å²) in [6.07, 6.45) is 2.33. The van der Waals surface area contributed by atoms with Gasteiger partial charge in [0.25, 0.3) is 0 Å². The first-order valence-electron chi connectivity index (χ1n) is 6.32. The Morgan fingerprint density at radius 2 is 2.15 bits per heavy atom. The predicted octanol–water partition coefficient (Wildman–Crippen LogP) is 3.34. The highest BCUT2D eigenvalue weighted by molar-refractivity contribution is 6.30. The highest BCUT2D eigenvalue weighted by Gasteiger charge is 2.05. The van der Waals surface area contributed by atoms with Gasteiger partial charge in [0.2, 0.25) is 0 Å². The number of ether oxygens (including phenoxy) is 1. The van der Waals surface area contributed by atoms with Crippen LogP contribution in [0.1, 0.15) is 18.2 Å². The fourth-order valence-electron chi connectivity index (χ4n) is 1.75. The second-order valence-electron chi connectivity index (χ2n) is 4.69. The summed E-state index contributed by atoms with van der Waals surface area (Å²) in [5, 5.41) is 0.369. The van der Waals surface area contributed by atoms with Crippen LogP contribution in [-0.2, 0) is 13.0 Å². The third kappa shape index (κ3) is 4.18. The number of benzene rings is 1. The molecule has 0 bridgehead atoms. The minimum absolute atomic E-state index is 0.0671. The summed E-state index contributed by atoms with van der Waals surface area (Å²) in [6, 6.07) is 8.24. The van der Waals surface area contributed by atoms with Crippen molar-refractivity contribution in [2.75, 3.05) is 0 Å². The molecule has 1 unspecified atom stereocenters. The number of pyridine rings is 1. The van der Waals surface area contributed by atoms with E-state index in [1.165, 1.54) is 6.07 Å². The maximum atomic E-state index is 13.6. The number of rotatable bonds is 5. The zero-order valence-electron chi connectivity index (χ0n) is 11.1. The minimum atomic E-state index is -0.376. The van der Waals surface area contributed by atoms with Crippen LogP contribution < -0.4 is 10.5 Å². The minimum Gasteiger partial charge on any atom is -0.487 e. The molecule has 3 nitrogen and oxygen atoms in total. The Morgan fingerprint density at radius 3 is 2.75 bits per heavy atom. The molecular weight excluding hydrogens is 279 g/mol. The van der Waals surface area contributed by atoms with E-state index >= 15 is 0 Å². The first-order chi connectivity index (χ1) is 9.54. The van der Waals surface area contributed by atoms with Crippen molar-refractivity contribution in [1.82, 2.24) is 4.98 Å². The number of halogens is 2. The largest absolute Gasteiger partial charge is 0.487 e. The van der Waals surface area contributed by atoms with Gasteiger partial charge in [-0.25, -0.2) is 4.39 Å². The molecule has 20 heavy (non-hydrogen) atoms. The molecule has 1 aromatic carbocycles. The average molecular weight is 295 g/mol. The van der Waals surface area contributed by atoms with E-state index in [4.69, 9.17) is 22.1 Å². The zero-order valence-corrected chi connectivity index (χ0v) is 11.9. The zero-order chi connectivity index (χ0) is 14.5. The summed E-state index contributed by atoms with van der Waals surface area (Å²) in [5.41, 5.74) is 7.06. The van der Waals surface area contributed by atoms with Gasteiger partial charge in [-0.05, 0) is 31.2 Å². The summed E-state index contributed by atoms with van der Waals surface area (Å²) in [4.78, 5) is 4.25. The number of hydrogen-bond donors (Lipinski definition) is 1. The third-order valence-corrected chi connectivity index (χ3v) is 2.97. The monoisotopic (exact) mass is 294 g/mol. The van der Waals surface area contributed by atoms with E-state index in [0.29, 0.717) is 22.8 Å². The molecule has 5 heteroatoms. The van der Waals surface area contributed by atoms with Gasteiger partial charge in [0.05, 0.1) is 6.20 Å². The van der Waals surface area contributed by atoms with E-state index in [2.05, 4.69) is 4.98 Å². The smallest absolute Gasteiger partial charge is 0.138 e. The summed E-state index contributed by atoms with van der Waals surface area (Å²) in [5.74, 6) is 0.215. The molecule has 0 saturated heterocycles. The normalized spacial score (nSPS) is 12.2. The Hall–Kier alpha value is -1.65. The summed E-state index contributed by atoms with van der Waals surface area (Å²) in [6.45, 7) is 2.06. The van der Waals surface area contributed by atoms with Gasteiger partial charge in [0.15, 0.2) is 0 Å². The second-order valence-corrected chi connectivity index (χ2v) is 5.13. The van der Waals surface area contributed by atoms with Gasteiger partial charge in [-0.15, -0.1) is 0 Å². The Labute approximate surface area is 122 Å². The molecule has 2 N–H and O–H groups in total. The van der Waals surface area contributed by atoms with Gasteiger partial charge in [0.1, 0.15) is 18.2 Å². The Bertz CT molecular complexity index is 573. The molecule has 0 radical (unpaired) electrons. The number of hydrogen-bond acceptors (Lipinski definition) is 3. The Morgan fingerprint density at radius 1 is 1.35 bits per heavy atom. The Kier molecular flexibility index (Phi) is 4.93. The van der Waals surface area contributed by atoms with Crippen LogP contribution in [0.25, 0.3) is 0 Å². The molecule has 0 spiro atoms. The first kappa shape index (κ1) is 14.8. The van der Waals surface area contributed by atoms with Crippen molar-refractivity contribution in [3.05, 3.63) is 58.6 Å². The third-order valence-electron chi connectivity index (χ3n) is 2.74. The van der Waals surface area contributed by atoms with E-state index in [0.717, 1.165) is 5.69 Å². The van der Waals surface area contributed by atoms with Gasteiger partial charge in [-0.2, -0.15) is 0 Å². The molecule has 106 valence electrons. The molecule has 1 atom stereocenters. The predicted molar refractivity (Wildman–Crippen MR) is 77.3 cm³/mol. The van der Waals surface area contributed by atoms with Crippen LogP contribution in [0.15, 0.2) is 36.5 Å². The standard InChI is InChI=1S/C15H16ClFN2O/c1-10(18)6-13-4-5-14(8-19-13)20-9-11-2-3-12(16)7-15(11)17/h2-5,7-8,10H,6,9,18H2,1H3. The molecule has 0 amide bonds. The van der Waals surface area contributed by atoms with Crippen molar-refractivity contribution < 1.29 is 9.13 Å². The van der Waals surface area contributed by atoms with Gasteiger partial charge in [-0.1, -0.05) is 17.7 Å². The quantitative estimate of drug-likeness (QED) is 0.920. The molecular formula is C15H16ClFN2O. The lowest BCUT2D eigenvalue weighted by Gasteiger charge is -2.08. The van der Waals surface area contributed by atoms with Crippen molar-refractivity contribution in [2.24, 2.45) is 5.73 Å². The van der Waals surface area contributed by atoms with Crippen molar-refractivity contribution in [3.63, 3.8) is 0 Å². The fourth-order valence-corrected chi connectivity index (χ4v) is 1.91. The van der Waals surface area contributed by atoms with Crippen molar-refractivity contribution >= 4 is 11.6 Å². The SMILES string of the molecule is CC(N)Cc1ccc(OCc2ccc(Cl)cc2F)cn1. The molecule has 0 fully saturated rings. The van der Waals surface area contributed by atoms with E-state index in [1.54, 1.807) is 24.4 Å². The van der Waals surface area contributed by atoms with E-state index in [9.17, 15) is 4.39 Å². The maximum absolute atomic E-state index is 13.6. The number of nitrogens with zero attached hydrogens (tertiary/aromatic N) is 1.